The van der Waals surface area contributed by atoms with Crippen molar-refractivity contribution in [3.05, 3.63) is 0 Å². The summed E-state index contributed by atoms with van der Waals surface area (Å²) in [5.74, 6) is 1.93. The zero-order valence-corrected chi connectivity index (χ0v) is 11.0. The SMILES string of the molecule is CCC(C)C1CN(CCCC2CC2)CCN1. The van der Waals surface area contributed by atoms with Crippen LogP contribution in [0.4, 0.5) is 0 Å². The molecule has 0 aromatic heterocycles. The summed E-state index contributed by atoms with van der Waals surface area (Å²) in [5.41, 5.74) is 0. The molecule has 1 aliphatic heterocycles. The predicted molar refractivity (Wildman–Crippen MR) is 69.6 cm³/mol. The van der Waals surface area contributed by atoms with E-state index in [0.717, 1.165) is 17.9 Å². The van der Waals surface area contributed by atoms with Gasteiger partial charge in [-0.1, -0.05) is 33.1 Å². The van der Waals surface area contributed by atoms with E-state index in [1.807, 2.05) is 0 Å². The van der Waals surface area contributed by atoms with E-state index in [1.54, 1.807) is 0 Å². The highest BCUT2D eigenvalue weighted by Crippen LogP contribution is 2.33. The lowest BCUT2D eigenvalue weighted by atomic mass is 9.97. The van der Waals surface area contributed by atoms with E-state index in [2.05, 4.69) is 24.1 Å². The lowest BCUT2D eigenvalue weighted by Gasteiger charge is -2.36. The van der Waals surface area contributed by atoms with Crippen LogP contribution in [0, 0.1) is 11.8 Å². The third-order valence-electron chi connectivity index (χ3n) is 4.40. The molecule has 2 nitrogen and oxygen atoms in total. The molecule has 2 atom stereocenters. The number of nitrogens with one attached hydrogen (secondary N) is 1. The predicted octanol–water partition coefficient (Wildman–Crippen LogP) is 2.50. The van der Waals surface area contributed by atoms with Crippen LogP contribution in [-0.4, -0.2) is 37.1 Å². The van der Waals surface area contributed by atoms with Gasteiger partial charge in [-0.05, 0) is 31.2 Å². The van der Waals surface area contributed by atoms with Gasteiger partial charge in [-0.2, -0.15) is 0 Å². The molecular weight excluding hydrogens is 196 g/mol. The average molecular weight is 224 g/mol. The molecule has 0 aromatic carbocycles. The molecule has 2 rings (SSSR count). The van der Waals surface area contributed by atoms with Crippen LogP contribution in [0.15, 0.2) is 0 Å². The molecule has 0 bridgehead atoms. The van der Waals surface area contributed by atoms with Crippen LogP contribution in [0.1, 0.15) is 46.0 Å². The maximum absolute atomic E-state index is 3.67. The van der Waals surface area contributed by atoms with Crippen molar-refractivity contribution in [1.82, 2.24) is 10.2 Å². The number of hydrogen-bond acceptors (Lipinski definition) is 2. The molecule has 94 valence electrons. The standard InChI is InChI=1S/C14H28N2/c1-3-12(2)14-11-16(10-8-15-14)9-4-5-13-6-7-13/h12-15H,3-11H2,1-2H3. The first-order valence-corrected chi connectivity index (χ1v) is 7.25. The fourth-order valence-electron chi connectivity index (χ4n) is 2.72. The molecular formula is C14H28N2. The van der Waals surface area contributed by atoms with Gasteiger partial charge in [0.2, 0.25) is 0 Å². The molecule has 16 heavy (non-hydrogen) atoms. The van der Waals surface area contributed by atoms with Gasteiger partial charge in [0, 0.05) is 25.7 Å². The number of hydrogen-bond donors (Lipinski definition) is 1. The van der Waals surface area contributed by atoms with Gasteiger partial charge < -0.3 is 10.2 Å². The second kappa shape index (κ2) is 6.02. The van der Waals surface area contributed by atoms with Crippen LogP contribution in [0.2, 0.25) is 0 Å². The number of rotatable bonds is 6. The molecule has 0 amide bonds. The van der Waals surface area contributed by atoms with Crippen molar-refractivity contribution in [2.45, 2.75) is 52.0 Å². The molecule has 2 unspecified atom stereocenters. The number of piperazine rings is 1. The monoisotopic (exact) mass is 224 g/mol. The van der Waals surface area contributed by atoms with Gasteiger partial charge in [0.1, 0.15) is 0 Å². The minimum Gasteiger partial charge on any atom is -0.311 e. The summed E-state index contributed by atoms with van der Waals surface area (Å²) < 4.78 is 0. The Morgan fingerprint density at radius 1 is 1.38 bits per heavy atom. The largest absolute Gasteiger partial charge is 0.311 e. The maximum Gasteiger partial charge on any atom is 0.0221 e. The molecule has 1 aliphatic carbocycles. The normalized spacial score (nSPS) is 29.2. The van der Waals surface area contributed by atoms with E-state index in [9.17, 15) is 0 Å². The Balaban J connectivity index is 1.64. The van der Waals surface area contributed by atoms with Crippen LogP contribution >= 0.6 is 0 Å². The van der Waals surface area contributed by atoms with Crippen LogP contribution in [-0.2, 0) is 0 Å². The third-order valence-corrected chi connectivity index (χ3v) is 4.40. The Labute approximate surface area is 101 Å². The molecule has 1 heterocycles. The van der Waals surface area contributed by atoms with Gasteiger partial charge in [-0.3, -0.25) is 0 Å². The zero-order chi connectivity index (χ0) is 11.4. The summed E-state index contributed by atoms with van der Waals surface area (Å²) in [4.78, 5) is 2.68. The van der Waals surface area contributed by atoms with Gasteiger partial charge in [-0.15, -0.1) is 0 Å². The van der Waals surface area contributed by atoms with E-state index in [0.29, 0.717) is 0 Å². The van der Waals surface area contributed by atoms with Crippen LogP contribution < -0.4 is 5.32 Å². The first-order chi connectivity index (χ1) is 7.79. The Morgan fingerprint density at radius 2 is 2.19 bits per heavy atom. The average Bonchev–Trinajstić information content (AvgIpc) is 3.12. The first kappa shape index (κ1) is 12.4. The third kappa shape index (κ3) is 3.74. The van der Waals surface area contributed by atoms with Crippen LogP contribution in [0.3, 0.4) is 0 Å². The molecule has 1 saturated heterocycles. The molecule has 0 aromatic rings. The van der Waals surface area contributed by atoms with Crippen molar-refractivity contribution in [1.29, 1.82) is 0 Å². The maximum atomic E-state index is 3.67. The minimum absolute atomic E-state index is 0.736. The molecule has 0 spiro atoms. The van der Waals surface area contributed by atoms with Crippen molar-refractivity contribution in [3.63, 3.8) is 0 Å². The van der Waals surface area contributed by atoms with Crippen molar-refractivity contribution < 1.29 is 0 Å². The van der Waals surface area contributed by atoms with Gasteiger partial charge in [0.25, 0.3) is 0 Å². The Bertz CT molecular complexity index is 201. The van der Waals surface area contributed by atoms with Crippen LogP contribution in [0.5, 0.6) is 0 Å². The second-order valence-electron chi connectivity index (χ2n) is 5.83. The lowest BCUT2D eigenvalue weighted by Crippen LogP contribution is -2.53. The first-order valence-electron chi connectivity index (χ1n) is 7.25. The second-order valence-corrected chi connectivity index (χ2v) is 5.83. The van der Waals surface area contributed by atoms with Crippen molar-refractivity contribution >= 4 is 0 Å². The fourth-order valence-corrected chi connectivity index (χ4v) is 2.72. The summed E-state index contributed by atoms with van der Waals surface area (Å²) in [7, 11) is 0. The smallest absolute Gasteiger partial charge is 0.0221 e. The van der Waals surface area contributed by atoms with E-state index in [-0.39, 0.29) is 0 Å². The van der Waals surface area contributed by atoms with Crippen molar-refractivity contribution in [2.75, 3.05) is 26.2 Å². The highest BCUT2D eigenvalue weighted by Gasteiger charge is 2.24. The van der Waals surface area contributed by atoms with E-state index >= 15 is 0 Å². The Hall–Kier alpha value is -0.0800. The summed E-state index contributed by atoms with van der Waals surface area (Å²) in [6, 6.07) is 0.736. The highest BCUT2D eigenvalue weighted by atomic mass is 15.2. The van der Waals surface area contributed by atoms with Gasteiger partial charge in [-0.25, -0.2) is 0 Å². The zero-order valence-electron chi connectivity index (χ0n) is 11.0. The fraction of sp³-hybridized carbons (Fsp3) is 1.00. The Morgan fingerprint density at radius 3 is 2.88 bits per heavy atom. The summed E-state index contributed by atoms with van der Waals surface area (Å²) in [5, 5.41) is 3.67. The molecule has 2 fully saturated rings. The topological polar surface area (TPSA) is 15.3 Å². The highest BCUT2D eigenvalue weighted by molar-refractivity contribution is 4.82. The van der Waals surface area contributed by atoms with E-state index < -0.39 is 0 Å². The van der Waals surface area contributed by atoms with Crippen LogP contribution in [0.25, 0.3) is 0 Å². The van der Waals surface area contributed by atoms with Gasteiger partial charge in [0.15, 0.2) is 0 Å². The number of nitrogens with zero attached hydrogens (tertiary/aromatic N) is 1. The summed E-state index contributed by atoms with van der Waals surface area (Å²) >= 11 is 0. The molecule has 2 aliphatic rings. The van der Waals surface area contributed by atoms with E-state index in [4.69, 9.17) is 0 Å². The lowest BCUT2D eigenvalue weighted by molar-refractivity contribution is 0.165. The van der Waals surface area contributed by atoms with Crippen molar-refractivity contribution in [2.24, 2.45) is 11.8 Å². The van der Waals surface area contributed by atoms with Crippen molar-refractivity contribution in [3.8, 4) is 0 Å². The molecule has 0 radical (unpaired) electrons. The quantitative estimate of drug-likeness (QED) is 0.746. The van der Waals surface area contributed by atoms with Gasteiger partial charge in [0.05, 0.1) is 0 Å². The summed E-state index contributed by atoms with van der Waals surface area (Å²) in [6.45, 7) is 9.75. The Kier molecular flexibility index (Phi) is 4.66. The van der Waals surface area contributed by atoms with E-state index in [1.165, 1.54) is 58.3 Å². The molecule has 2 heteroatoms. The summed E-state index contributed by atoms with van der Waals surface area (Å²) in [6.07, 6.45) is 7.23. The van der Waals surface area contributed by atoms with Gasteiger partial charge >= 0.3 is 0 Å². The molecule has 1 saturated carbocycles. The minimum atomic E-state index is 0.736. The molecule has 1 N–H and O–H groups in total.